The lowest BCUT2D eigenvalue weighted by Gasteiger charge is -2.49. The van der Waals surface area contributed by atoms with Gasteiger partial charge in [-0.05, 0) is 11.4 Å². The first-order valence-corrected chi connectivity index (χ1v) is 13.1. The van der Waals surface area contributed by atoms with Crippen molar-refractivity contribution in [3.05, 3.63) is 52.1 Å². The molecule has 14 heteroatoms. The average molecular weight is 532 g/mol. The summed E-state index contributed by atoms with van der Waals surface area (Å²) >= 11 is 4.14. The molecule has 0 spiro atoms. The number of hydrogen-bond acceptors (Lipinski definition) is 10. The second-order valence-electron chi connectivity index (χ2n) is 7.62. The van der Waals surface area contributed by atoms with Crippen molar-refractivity contribution in [3.63, 3.8) is 0 Å². The zero-order valence-corrected chi connectivity index (χ0v) is 20.7. The number of carbonyl (C=O) groups excluding carboxylic acids is 2. The number of thiazole rings is 1. The molecule has 2 atom stereocenters. The summed E-state index contributed by atoms with van der Waals surface area (Å²) in [5.41, 5.74) is 7.33. The van der Waals surface area contributed by atoms with E-state index in [4.69, 9.17) is 10.6 Å². The molecule has 11 nitrogen and oxygen atoms in total. The number of rotatable bonds is 7. The minimum Gasteiger partial charge on any atom is -0.477 e. The molecule has 180 valence electrons. The molecular weight excluding hydrogens is 512 g/mol. The van der Waals surface area contributed by atoms with Crippen molar-refractivity contribution in [1.82, 2.24) is 15.2 Å². The third-order valence-corrected chi connectivity index (χ3v) is 8.44. The zero-order chi connectivity index (χ0) is 24.7. The Kier molecular flexibility index (Phi) is 6.17. The first-order chi connectivity index (χ1) is 16.9. The van der Waals surface area contributed by atoms with Gasteiger partial charge in [-0.3, -0.25) is 14.5 Å². The molecule has 2 amide bonds. The highest BCUT2D eigenvalue weighted by Gasteiger charge is 2.54. The molecular formula is C21H19N6O5S3+. The minimum absolute atomic E-state index is 0.0398. The zero-order valence-electron chi connectivity index (χ0n) is 18.2. The summed E-state index contributed by atoms with van der Waals surface area (Å²) in [6, 6.07) is 4.99. The lowest BCUT2D eigenvalue weighted by Crippen LogP contribution is -2.71. The number of β-lactam (4-membered cyclic amide) rings is 1. The Morgan fingerprint density at radius 2 is 2.23 bits per heavy atom. The van der Waals surface area contributed by atoms with Gasteiger partial charge in [0.25, 0.3) is 11.8 Å². The molecule has 2 aliphatic heterocycles. The van der Waals surface area contributed by atoms with E-state index in [-0.39, 0.29) is 22.2 Å². The number of carbonyl (C=O) groups is 3. The van der Waals surface area contributed by atoms with Gasteiger partial charge in [-0.15, -0.1) is 34.4 Å². The number of thiophene rings is 1. The molecule has 0 radical (unpaired) electrons. The summed E-state index contributed by atoms with van der Waals surface area (Å²) in [5, 5.41) is 19.6. The van der Waals surface area contributed by atoms with E-state index in [0.717, 1.165) is 21.6 Å². The number of aliphatic carboxylic acids is 1. The van der Waals surface area contributed by atoms with Crippen LogP contribution in [0.4, 0.5) is 5.13 Å². The van der Waals surface area contributed by atoms with Crippen molar-refractivity contribution in [3.8, 4) is 0 Å². The number of anilines is 1. The van der Waals surface area contributed by atoms with Crippen LogP contribution in [-0.2, 0) is 25.8 Å². The summed E-state index contributed by atoms with van der Waals surface area (Å²) in [4.78, 5) is 48.2. The molecule has 4 N–H and O–H groups in total. The molecule has 5 heterocycles. The van der Waals surface area contributed by atoms with E-state index in [2.05, 4.69) is 15.5 Å². The molecule has 0 aliphatic carbocycles. The van der Waals surface area contributed by atoms with Gasteiger partial charge in [0.15, 0.2) is 23.6 Å². The number of nitrogen functional groups attached to an aromatic ring is 1. The number of hydrogen-bond donors (Lipinski definition) is 3. The van der Waals surface area contributed by atoms with E-state index in [0.29, 0.717) is 17.9 Å². The lowest BCUT2D eigenvalue weighted by atomic mass is 10.0. The van der Waals surface area contributed by atoms with Gasteiger partial charge < -0.3 is 21.0 Å². The number of pyridine rings is 1. The lowest BCUT2D eigenvalue weighted by molar-refractivity contribution is -0.663. The number of fused-ring (bicyclic) bond motifs is 2. The Morgan fingerprint density at radius 3 is 2.94 bits per heavy atom. The van der Waals surface area contributed by atoms with E-state index in [1.807, 2.05) is 34.3 Å². The Bertz CT molecular complexity index is 1410. The average Bonchev–Trinajstić information content (AvgIpc) is 3.49. The molecule has 5 rings (SSSR count). The number of nitrogens with one attached hydrogen (secondary N) is 1. The summed E-state index contributed by atoms with van der Waals surface area (Å²) < 4.78 is 3.06. The molecule has 0 aromatic carbocycles. The van der Waals surface area contributed by atoms with Gasteiger partial charge in [0.05, 0.1) is 4.70 Å². The van der Waals surface area contributed by atoms with Crippen molar-refractivity contribution in [1.29, 1.82) is 0 Å². The minimum atomic E-state index is -1.18. The predicted octanol–water partition coefficient (Wildman–Crippen LogP) is 1.02. The SMILES string of the molecule is CO/N=C(/C(=O)NC1C(=O)N2C(C(=O)O)=C(C[n+]3cccc4sccc43)CSC12)c1csc(N)n1. The van der Waals surface area contributed by atoms with E-state index < -0.39 is 29.2 Å². The number of carboxylic acids is 1. The Labute approximate surface area is 210 Å². The number of nitrogens with two attached hydrogens (primary N) is 1. The third kappa shape index (κ3) is 4.13. The van der Waals surface area contributed by atoms with Crippen LogP contribution in [0.25, 0.3) is 10.2 Å². The van der Waals surface area contributed by atoms with Crippen molar-refractivity contribution in [2.24, 2.45) is 5.16 Å². The van der Waals surface area contributed by atoms with Crippen molar-refractivity contribution in [2.45, 2.75) is 18.0 Å². The highest BCUT2D eigenvalue weighted by Crippen LogP contribution is 2.40. The van der Waals surface area contributed by atoms with Crippen LogP contribution in [0.3, 0.4) is 0 Å². The first-order valence-electron chi connectivity index (χ1n) is 10.3. The fourth-order valence-electron chi connectivity index (χ4n) is 4.04. The Morgan fingerprint density at radius 1 is 1.40 bits per heavy atom. The van der Waals surface area contributed by atoms with Gasteiger partial charge in [0.1, 0.15) is 29.9 Å². The number of carboxylic acid groups (broad SMARTS) is 1. The summed E-state index contributed by atoms with van der Waals surface area (Å²) in [6.45, 7) is 0.339. The quantitative estimate of drug-likeness (QED) is 0.177. The van der Waals surface area contributed by atoms with Gasteiger partial charge >= 0.3 is 5.97 Å². The first kappa shape index (κ1) is 23.3. The second-order valence-corrected chi connectivity index (χ2v) is 10.6. The fourth-order valence-corrected chi connectivity index (χ4v) is 6.73. The molecule has 1 fully saturated rings. The summed E-state index contributed by atoms with van der Waals surface area (Å²) in [6.07, 6.45) is 1.89. The number of aromatic nitrogens is 2. The van der Waals surface area contributed by atoms with Crippen LogP contribution in [-0.4, -0.2) is 62.8 Å². The van der Waals surface area contributed by atoms with Gasteiger partial charge in [-0.1, -0.05) is 5.16 Å². The maximum atomic E-state index is 13.0. The maximum absolute atomic E-state index is 13.0. The standard InChI is InChI=1S/C21H18N6O5S3/c1-32-25-14(11-9-35-21(22)23-11)17(28)24-15-18(29)27-16(20(30)31)10(8-34-19(15)27)7-26-5-2-3-13-12(26)4-6-33-13/h2-6,9,15,19H,7-8H2,1H3,(H3-,22,23,24,28,30,31)/p+1/b25-14+. The monoisotopic (exact) mass is 531 g/mol. The highest BCUT2D eigenvalue weighted by molar-refractivity contribution is 8.00. The summed E-state index contributed by atoms with van der Waals surface area (Å²) in [7, 11) is 1.29. The maximum Gasteiger partial charge on any atom is 0.352 e. The van der Waals surface area contributed by atoms with Gasteiger partial charge in [-0.2, -0.15) is 4.57 Å². The van der Waals surface area contributed by atoms with E-state index in [1.54, 1.807) is 16.7 Å². The van der Waals surface area contributed by atoms with Gasteiger partial charge in [0.2, 0.25) is 5.52 Å². The smallest absolute Gasteiger partial charge is 0.352 e. The number of thioether (sulfide) groups is 1. The van der Waals surface area contributed by atoms with Crippen LogP contribution in [0.15, 0.2) is 51.6 Å². The van der Waals surface area contributed by atoms with Crippen LogP contribution < -0.4 is 15.6 Å². The Balaban J connectivity index is 1.38. The van der Waals surface area contributed by atoms with Crippen LogP contribution in [0.1, 0.15) is 5.69 Å². The molecule has 2 aliphatic rings. The molecule has 3 aromatic heterocycles. The van der Waals surface area contributed by atoms with Crippen molar-refractivity contribution >= 4 is 73.3 Å². The molecule has 0 bridgehead atoms. The molecule has 35 heavy (non-hydrogen) atoms. The van der Waals surface area contributed by atoms with Crippen molar-refractivity contribution < 1.29 is 28.9 Å². The van der Waals surface area contributed by atoms with Crippen LogP contribution in [0, 0.1) is 0 Å². The molecule has 1 saturated heterocycles. The number of nitrogens with zero attached hydrogens (tertiary/aromatic N) is 4. The number of amides is 2. The molecule has 0 saturated carbocycles. The Hall–Kier alpha value is -3.49. The number of oxime groups is 1. The highest BCUT2D eigenvalue weighted by atomic mass is 32.2. The van der Waals surface area contributed by atoms with Gasteiger partial charge in [-0.25, -0.2) is 9.78 Å². The molecule has 3 aromatic rings. The summed E-state index contributed by atoms with van der Waals surface area (Å²) in [5.74, 6) is -1.95. The van der Waals surface area contributed by atoms with Crippen molar-refractivity contribution in [2.75, 3.05) is 18.6 Å². The predicted molar refractivity (Wildman–Crippen MR) is 132 cm³/mol. The van der Waals surface area contributed by atoms with Gasteiger partial charge in [0, 0.05) is 28.8 Å². The normalized spacial score (nSPS) is 20.0. The largest absolute Gasteiger partial charge is 0.477 e. The van der Waals surface area contributed by atoms with E-state index >= 15 is 0 Å². The topological polar surface area (TPSA) is 151 Å². The molecule has 2 unspecified atom stereocenters. The third-order valence-electron chi connectivity index (χ3n) is 5.56. The van der Waals surface area contributed by atoms with E-state index in [1.165, 1.54) is 23.8 Å². The van der Waals surface area contributed by atoms with Crippen LogP contribution in [0.5, 0.6) is 0 Å². The van der Waals surface area contributed by atoms with E-state index in [9.17, 15) is 19.5 Å². The van der Waals surface area contributed by atoms with Crippen LogP contribution >= 0.6 is 34.4 Å². The fraction of sp³-hybridized carbons (Fsp3) is 0.238. The second kappa shape index (κ2) is 9.28. The van der Waals surface area contributed by atoms with Crippen LogP contribution in [0.2, 0.25) is 0 Å².